The summed E-state index contributed by atoms with van der Waals surface area (Å²) < 4.78 is 14.4. The topological polar surface area (TPSA) is 29.6 Å². The number of benzene rings is 21. The van der Waals surface area contributed by atoms with Crippen LogP contribution in [0.1, 0.15) is 0 Å². The molecule has 0 N–H and O–H groups in total. The molecule has 21 aromatic carbocycles. The van der Waals surface area contributed by atoms with Crippen molar-refractivity contribution in [1.82, 2.24) is 27.4 Å². The molecule has 0 atom stereocenters. The Labute approximate surface area is 763 Å². The first kappa shape index (κ1) is 76.8. The van der Waals surface area contributed by atoms with Crippen LogP contribution in [0.2, 0.25) is 0 Å². The van der Waals surface area contributed by atoms with Crippen molar-refractivity contribution in [3.63, 3.8) is 0 Å². The number of para-hydroxylation sites is 11. The molecular formula is C126H84N6. The summed E-state index contributed by atoms with van der Waals surface area (Å²) in [5, 5.41) is 15.1. The van der Waals surface area contributed by atoms with Crippen LogP contribution in [-0.2, 0) is 0 Å². The highest BCUT2D eigenvalue weighted by atomic mass is 15.0. The summed E-state index contributed by atoms with van der Waals surface area (Å²) in [5.41, 5.74) is 36.2. The summed E-state index contributed by atoms with van der Waals surface area (Å²) >= 11 is 0. The summed E-state index contributed by atoms with van der Waals surface area (Å²) in [7, 11) is 0. The lowest BCUT2D eigenvalue weighted by Crippen LogP contribution is -1.96. The molecule has 6 heteroatoms. The van der Waals surface area contributed by atoms with Crippen molar-refractivity contribution < 1.29 is 0 Å². The molecule has 0 saturated heterocycles. The molecule has 27 rings (SSSR count). The highest BCUT2D eigenvalue weighted by Gasteiger charge is 2.24. The number of rotatable bonds is 12. The van der Waals surface area contributed by atoms with E-state index in [1.54, 1.807) is 0 Å². The lowest BCUT2D eigenvalue weighted by atomic mass is 9.99. The fourth-order valence-corrected chi connectivity index (χ4v) is 20.8. The molecule has 6 heterocycles. The number of hydrogen-bond acceptors (Lipinski definition) is 0. The lowest BCUT2D eigenvalue weighted by molar-refractivity contribution is 1.18. The van der Waals surface area contributed by atoms with Gasteiger partial charge in [-0.25, -0.2) is 0 Å². The number of aromatic nitrogens is 6. The predicted molar refractivity (Wildman–Crippen MR) is 558 cm³/mol. The number of hydrogen-bond donors (Lipinski definition) is 0. The van der Waals surface area contributed by atoms with E-state index in [4.69, 9.17) is 0 Å². The first-order valence-electron chi connectivity index (χ1n) is 45.4. The fraction of sp³-hybridized carbons (Fsp3) is 0. The Morgan fingerprint density at radius 1 is 0.0985 bits per heavy atom. The van der Waals surface area contributed by atoms with E-state index in [0.29, 0.717) is 0 Å². The van der Waals surface area contributed by atoms with E-state index >= 15 is 0 Å². The Bertz CT molecular complexity index is 9090. The molecular weight excluding hydrogens is 1600 g/mol. The second-order valence-corrected chi connectivity index (χ2v) is 34.2. The minimum absolute atomic E-state index is 1.15. The van der Waals surface area contributed by atoms with Crippen molar-refractivity contribution in [2.24, 2.45) is 0 Å². The Balaban J connectivity index is 0.000000107. The van der Waals surface area contributed by atoms with Gasteiger partial charge in [-0.15, -0.1) is 0 Å². The van der Waals surface area contributed by atoms with Crippen LogP contribution in [0.5, 0.6) is 0 Å². The molecule has 0 fully saturated rings. The van der Waals surface area contributed by atoms with Crippen LogP contribution >= 0.6 is 0 Å². The highest BCUT2D eigenvalue weighted by Crippen LogP contribution is 2.46. The zero-order valence-electron chi connectivity index (χ0n) is 72.2. The van der Waals surface area contributed by atoms with E-state index < -0.39 is 0 Å². The van der Waals surface area contributed by atoms with Gasteiger partial charge in [0.1, 0.15) is 0 Å². The van der Waals surface area contributed by atoms with Crippen molar-refractivity contribution in [1.29, 1.82) is 0 Å². The SMILES string of the molecule is c1ccc(-c2ccc(-n3c4ccccc4c4ccc(-c5ccc6c7ccccc7n(-c7cccc(-c8ccccc8)c7)c6c5)cc43)cc2)cc1.c1ccc(-c2ccc(-n3c4ccccc4c4cccc(-c5ccc6c(c5)c5ccccc5n6-c5ccccc5)c43)cc2)cc1.c1ccc(-n2c3ccccc3c3cc(-c4cccc5c6ccccc6n(-c6ccccc6)c45)ccc32)cc1. The van der Waals surface area contributed by atoms with Crippen LogP contribution in [0.4, 0.5) is 0 Å². The Kier molecular flexibility index (Phi) is 18.8. The number of fused-ring (bicyclic) bond motifs is 18. The van der Waals surface area contributed by atoms with Gasteiger partial charge in [-0.05, 0) is 201 Å². The van der Waals surface area contributed by atoms with Gasteiger partial charge in [-0.2, -0.15) is 0 Å². The predicted octanol–water partition coefficient (Wildman–Crippen LogP) is 33.6. The first-order chi connectivity index (χ1) is 65.5. The van der Waals surface area contributed by atoms with Crippen LogP contribution in [0.25, 0.3) is 232 Å². The molecule has 0 bridgehead atoms. The van der Waals surface area contributed by atoms with Crippen LogP contribution in [0, 0.1) is 0 Å². The van der Waals surface area contributed by atoms with Gasteiger partial charge in [-0.3, -0.25) is 0 Å². The summed E-state index contributed by atoms with van der Waals surface area (Å²) in [5.74, 6) is 0. The Hall–Kier alpha value is -17.6. The third-order valence-electron chi connectivity index (χ3n) is 26.8. The van der Waals surface area contributed by atoms with Gasteiger partial charge < -0.3 is 27.4 Å². The minimum Gasteiger partial charge on any atom is -0.309 e. The smallest absolute Gasteiger partial charge is 0.0619 e. The maximum atomic E-state index is 2.44. The summed E-state index contributed by atoms with van der Waals surface area (Å²) in [6, 6.07) is 184. The largest absolute Gasteiger partial charge is 0.309 e. The molecule has 0 saturated carbocycles. The summed E-state index contributed by atoms with van der Waals surface area (Å²) in [6.45, 7) is 0. The maximum Gasteiger partial charge on any atom is 0.0619 e. The van der Waals surface area contributed by atoms with E-state index in [1.165, 1.54) is 215 Å². The lowest BCUT2D eigenvalue weighted by Gasteiger charge is -2.13. The van der Waals surface area contributed by atoms with Crippen LogP contribution in [-0.4, -0.2) is 27.4 Å². The van der Waals surface area contributed by atoms with E-state index in [0.717, 1.165) is 17.1 Å². The molecule has 0 amide bonds. The van der Waals surface area contributed by atoms with Gasteiger partial charge in [0.05, 0.1) is 66.2 Å². The van der Waals surface area contributed by atoms with Gasteiger partial charge in [0.25, 0.3) is 0 Å². The standard InChI is InChI=1S/C48H32N2.C42H28N2.C36H24N2/c1-3-12-33(13-4-1)35-22-26-39(27-23-35)49-45-20-9-7-18-41(45)43-28-24-37(31-47(43)49)38-25-29-44-42-19-8-10-21-46(42)50(48(44)32-38)40-17-11-16-36(30-40)34-14-5-2-6-15-34;1-3-12-29(13-4-1)30-22-25-33(26-23-30)44-40-21-10-7-16-35(40)37-19-11-18-34(42(37)44)31-24-27-41-38(28-31)36-17-8-9-20-39(36)43(41)32-14-5-2-6-15-32;1-3-12-26(13-4-1)37-33-20-9-8-17-30(33)32-24-25(22-23-35(32)37)28-18-11-19-31-29-16-7-10-21-34(29)38(36(28)31)27-14-5-2-6-15-27/h1-32H;1-28H;1-24H. The molecule has 0 spiro atoms. The van der Waals surface area contributed by atoms with E-state index in [1.807, 2.05) is 0 Å². The Morgan fingerprint density at radius 3 is 0.705 bits per heavy atom. The molecule has 6 aromatic heterocycles. The molecule has 0 aliphatic heterocycles. The number of nitrogens with zero attached hydrogens (tertiary/aromatic N) is 6. The summed E-state index contributed by atoms with van der Waals surface area (Å²) in [4.78, 5) is 0. The van der Waals surface area contributed by atoms with Crippen molar-refractivity contribution >= 4 is 131 Å². The zero-order chi connectivity index (χ0) is 87.1. The minimum atomic E-state index is 1.15. The van der Waals surface area contributed by atoms with Gasteiger partial charge in [0.15, 0.2) is 0 Å². The maximum absolute atomic E-state index is 2.44. The van der Waals surface area contributed by atoms with Gasteiger partial charge in [0, 0.05) is 110 Å². The zero-order valence-corrected chi connectivity index (χ0v) is 72.2. The third-order valence-corrected chi connectivity index (χ3v) is 26.8. The average Bonchev–Trinajstić information content (AvgIpc) is 1.57. The Morgan fingerprint density at radius 2 is 0.318 bits per heavy atom. The quantitative estimate of drug-likeness (QED) is 0.117. The third kappa shape index (κ3) is 13.1. The first-order valence-corrected chi connectivity index (χ1v) is 45.4. The summed E-state index contributed by atoms with van der Waals surface area (Å²) in [6.07, 6.45) is 0. The average molecular weight is 1680 g/mol. The van der Waals surface area contributed by atoms with Crippen molar-refractivity contribution in [3.8, 4) is 101 Å². The van der Waals surface area contributed by atoms with Crippen LogP contribution in [0.3, 0.4) is 0 Å². The van der Waals surface area contributed by atoms with Crippen LogP contribution in [0.15, 0.2) is 510 Å². The molecule has 0 aliphatic carbocycles. The second-order valence-electron chi connectivity index (χ2n) is 34.2. The molecule has 0 unspecified atom stereocenters. The highest BCUT2D eigenvalue weighted by molar-refractivity contribution is 6.19. The molecule has 132 heavy (non-hydrogen) atoms. The van der Waals surface area contributed by atoms with Gasteiger partial charge in [0.2, 0.25) is 0 Å². The van der Waals surface area contributed by atoms with Crippen molar-refractivity contribution in [2.75, 3.05) is 0 Å². The van der Waals surface area contributed by atoms with Crippen LogP contribution < -0.4 is 0 Å². The van der Waals surface area contributed by atoms with Gasteiger partial charge in [-0.1, -0.05) is 364 Å². The van der Waals surface area contributed by atoms with E-state index in [9.17, 15) is 0 Å². The monoisotopic (exact) mass is 1680 g/mol. The fourth-order valence-electron chi connectivity index (χ4n) is 20.8. The van der Waals surface area contributed by atoms with Crippen molar-refractivity contribution in [3.05, 3.63) is 510 Å². The molecule has 0 aliphatic rings. The normalized spacial score (nSPS) is 11.6. The molecule has 0 radical (unpaired) electrons. The molecule has 6 nitrogen and oxygen atoms in total. The molecule has 27 aromatic rings. The van der Waals surface area contributed by atoms with E-state index in [-0.39, 0.29) is 0 Å². The second kappa shape index (κ2) is 32.4. The van der Waals surface area contributed by atoms with E-state index in [2.05, 4.69) is 537 Å². The van der Waals surface area contributed by atoms with Gasteiger partial charge >= 0.3 is 0 Å². The van der Waals surface area contributed by atoms with Crippen molar-refractivity contribution in [2.45, 2.75) is 0 Å². The molecule has 618 valence electrons.